The molecule has 1 saturated carbocycles. The van der Waals surface area contributed by atoms with Crippen LogP contribution in [-0.4, -0.2) is 54.7 Å². The number of primary amides is 1. The van der Waals surface area contributed by atoms with E-state index in [9.17, 15) is 18.4 Å². The molecule has 0 bridgehead atoms. The summed E-state index contributed by atoms with van der Waals surface area (Å²) >= 11 is 0. The summed E-state index contributed by atoms with van der Waals surface area (Å²) in [6.07, 6.45) is -4.86. The van der Waals surface area contributed by atoms with Crippen molar-refractivity contribution in [1.82, 2.24) is 4.90 Å². The van der Waals surface area contributed by atoms with Gasteiger partial charge in [0.25, 0.3) is 0 Å². The second-order valence-corrected chi connectivity index (χ2v) is 7.02. The van der Waals surface area contributed by atoms with Crippen molar-refractivity contribution in [3.05, 3.63) is 0 Å². The largest absolute Gasteiger partial charge is 0.444 e. The molecule has 1 aliphatic rings. The Morgan fingerprint density at radius 3 is 2.22 bits per heavy atom. The van der Waals surface area contributed by atoms with E-state index in [0.717, 1.165) is 0 Å². The van der Waals surface area contributed by atoms with Crippen LogP contribution in [0.15, 0.2) is 0 Å². The van der Waals surface area contributed by atoms with Crippen molar-refractivity contribution in [2.45, 2.75) is 64.1 Å². The van der Waals surface area contributed by atoms with E-state index in [4.69, 9.17) is 15.2 Å². The third-order valence-electron chi connectivity index (χ3n) is 3.57. The van der Waals surface area contributed by atoms with Crippen LogP contribution in [0.4, 0.5) is 18.4 Å². The summed E-state index contributed by atoms with van der Waals surface area (Å²) < 4.78 is 36.7. The highest BCUT2D eigenvalue weighted by molar-refractivity contribution is 5.68. The fraction of sp³-hybridized carbons (Fsp3) is 0.867. The Kier molecular flexibility index (Phi) is 6.58. The molecule has 0 aromatic carbocycles. The minimum atomic E-state index is -1.49. The monoisotopic (exact) mass is 336 g/mol. The van der Waals surface area contributed by atoms with E-state index < -0.39 is 36.2 Å². The minimum absolute atomic E-state index is 0.0439. The zero-order chi connectivity index (χ0) is 17.8. The molecule has 0 aromatic heterocycles. The molecule has 3 atom stereocenters. The number of alkyl halides is 2. The standard InChI is InChI=1S/C15H26F2N2O4/c1-15(2,3)23-14(21)19(4)8-10(22-13(18)20)5-9-6-11(16)12(17)7-9/h9-12H,5-8H2,1-4H3,(H2,18,20)/t10-,11-,12-/m0/s1. The van der Waals surface area contributed by atoms with Crippen LogP contribution in [0.2, 0.25) is 0 Å². The van der Waals surface area contributed by atoms with Gasteiger partial charge in [-0.2, -0.15) is 0 Å². The molecule has 1 fully saturated rings. The Labute approximate surface area is 135 Å². The van der Waals surface area contributed by atoms with Crippen molar-refractivity contribution in [3.8, 4) is 0 Å². The zero-order valence-electron chi connectivity index (χ0n) is 14.1. The number of nitrogens with zero attached hydrogens (tertiary/aromatic N) is 1. The molecule has 0 saturated heterocycles. The van der Waals surface area contributed by atoms with Crippen LogP contribution in [0.3, 0.4) is 0 Å². The second kappa shape index (κ2) is 7.79. The molecule has 0 aromatic rings. The van der Waals surface area contributed by atoms with Gasteiger partial charge in [-0.1, -0.05) is 0 Å². The van der Waals surface area contributed by atoms with Crippen LogP contribution < -0.4 is 5.73 Å². The lowest BCUT2D eigenvalue weighted by atomic mass is 9.99. The number of carbonyl (C=O) groups is 2. The van der Waals surface area contributed by atoms with Gasteiger partial charge in [0.05, 0.1) is 6.54 Å². The van der Waals surface area contributed by atoms with Gasteiger partial charge in [0.2, 0.25) is 0 Å². The van der Waals surface area contributed by atoms with Gasteiger partial charge in [0.1, 0.15) is 24.0 Å². The molecule has 2 amide bonds. The Balaban J connectivity index is 2.60. The number of hydrogen-bond acceptors (Lipinski definition) is 4. The summed E-state index contributed by atoms with van der Waals surface area (Å²) in [6.45, 7) is 5.24. The smallest absolute Gasteiger partial charge is 0.410 e. The third kappa shape index (κ3) is 7.00. The van der Waals surface area contributed by atoms with Gasteiger partial charge in [0.15, 0.2) is 0 Å². The molecule has 0 spiro atoms. The van der Waals surface area contributed by atoms with Crippen LogP contribution in [0, 0.1) is 5.92 Å². The lowest BCUT2D eigenvalue weighted by Gasteiger charge is -2.28. The molecule has 8 heteroatoms. The number of rotatable bonds is 5. The van der Waals surface area contributed by atoms with Gasteiger partial charge in [-0.15, -0.1) is 0 Å². The maximum absolute atomic E-state index is 13.3. The molecule has 0 heterocycles. The number of hydrogen-bond donors (Lipinski definition) is 1. The number of amides is 2. The number of likely N-dealkylation sites (N-methyl/N-ethyl adjacent to an activating group) is 1. The van der Waals surface area contributed by atoms with Crippen LogP contribution >= 0.6 is 0 Å². The fourth-order valence-electron chi connectivity index (χ4n) is 2.64. The summed E-state index contributed by atoms with van der Waals surface area (Å²) in [6, 6.07) is 0. The number of nitrogens with two attached hydrogens (primary N) is 1. The molecular weight excluding hydrogens is 310 g/mol. The second-order valence-electron chi connectivity index (χ2n) is 7.02. The molecule has 134 valence electrons. The highest BCUT2D eigenvalue weighted by atomic mass is 19.2. The molecule has 0 aliphatic heterocycles. The first kappa shape index (κ1) is 19.4. The van der Waals surface area contributed by atoms with E-state index in [0.29, 0.717) is 0 Å². The molecule has 0 unspecified atom stereocenters. The van der Waals surface area contributed by atoms with E-state index >= 15 is 0 Å². The average Bonchev–Trinajstić information content (AvgIpc) is 2.64. The first-order valence-electron chi connectivity index (χ1n) is 7.66. The quantitative estimate of drug-likeness (QED) is 0.837. The topological polar surface area (TPSA) is 81.9 Å². The number of halogens is 2. The SMILES string of the molecule is CN(C[C@H](CC1C[C@H](F)[C@@H](F)C1)OC(N)=O)C(=O)OC(C)(C)C. The summed E-state index contributed by atoms with van der Waals surface area (Å²) in [4.78, 5) is 24.2. The van der Waals surface area contributed by atoms with Crippen molar-refractivity contribution in [1.29, 1.82) is 0 Å². The summed E-state index contributed by atoms with van der Waals surface area (Å²) in [5, 5.41) is 0. The maximum Gasteiger partial charge on any atom is 0.410 e. The zero-order valence-corrected chi connectivity index (χ0v) is 14.1. The van der Waals surface area contributed by atoms with Crippen molar-refractivity contribution in [3.63, 3.8) is 0 Å². The van der Waals surface area contributed by atoms with Crippen molar-refractivity contribution in [2.75, 3.05) is 13.6 Å². The molecule has 0 radical (unpaired) electrons. The fourth-order valence-corrected chi connectivity index (χ4v) is 2.64. The van der Waals surface area contributed by atoms with E-state index in [1.807, 2.05) is 0 Å². The molecule has 1 rings (SSSR count). The highest BCUT2D eigenvalue weighted by Crippen LogP contribution is 2.34. The molecule has 1 aliphatic carbocycles. The van der Waals surface area contributed by atoms with Crippen molar-refractivity contribution >= 4 is 12.2 Å². The first-order chi connectivity index (χ1) is 10.5. The Hall–Kier alpha value is -1.60. The Bertz CT molecular complexity index is 418. The minimum Gasteiger partial charge on any atom is -0.444 e. The average molecular weight is 336 g/mol. The Morgan fingerprint density at radius 1 is 1.26 bits per heavy atom. The predicted molar refractivity (Wildman–Crippen MR) is 80.5 cm³/mol. The van der Waals surface area contributed by atoms with Crippen LogP contribution in [-0.2, 0) is 9.47 Å². The normalized spacial score (nSPS) is 23.4. The van der Waals surface area contributed by atoms with Crippen LogP contribution in [0.25, 0.3) is 0 Å². The lowest BCUT2D eigenvalue weighted by Crippen LogP contribution is -2.41. The Morgan fingerprint density at radius 2 is 1.78 bits per heavy atom. The van der Waals surface area contributed by atoms with E-state index in [2.05, 4.69) is 0 Å². The van der Waals surface area contributed by atoms with Crippen molar-refractivity contribution in [2.24, 2.45) is 11.7 Å². The lowest BCUT2D eigenvalue weighted by molar-refractivity contribution is 0.0149. The van der Waals surface area contributed by atoms with Crippen LogP contribution in [0.5, 0.6) is 0 Å². The number of carbonyl (C=O) groups excluding carboxylic acids is 2. The summed E-state index contributed by atoms with van der Waals surface area (Å²) in [5.41, 5.74) is 4.38. The molecule has 2 N–H and O–H groups in total. The summed E-state index contributed by atoms with van der Waals surface area (Å²) in [5.74, 6) is -0.253. The molecule has 23 heavy (non-hydrogen) atoms. The van der Waals surface area contributed by atoms with Gasteiger partial charge in [0, 0.05) is 7.05 Å². The predicted octanol–water partition coefficient (Wildman–Crippen LogP) is 2.79. The van der Waals surface area contributed by atoms with Crippen molar-refractivity contribution < 1.29 is 27.8 Å². The third-order valence-corrected chi connectivity index (χ3v) is 3.57. The van der Waals surface area contributed by atoms with Crippen LogP contribution in [0.1, 0.15) is 40.0 Å². The van der Waals surface area contributed by atoms with E-state index in [1.54, 1.807) is 20.8 Å². The maximum atomic E-state index is 13.3. The van der Waals surface area contributed by atoms with Gasteiger partial charge >= 0.3 is 12.2 Å². The van der Waals surface area contributed by atoms with Gasteiger partial charge in [-0.3, -0.25) is 0 Å². The van der Waals surface area contributed by atoms with Gasteiger partial charge in [-0.25, -0.2) is 18.4 Å². The molecular formula is C15H26F2N2O4. The van der Waals surface area contributed by atoms with E-state index in [-0.39, 0.29) is 31.7 Å². The molecule has 6 nitrogen and oxygen atoms in total. The summed E-state index contributed by atoms with van der Waals surface area (Å²) in [7, 11) is 1.50. The first-order valence-corrected chi connectivity index (χ1v) is 7.66. The number of ether oxygens (including phenoxy) is 2. The highest BCUT2D eigenvalue weighted by Gasteiger charge is 2.36. The van der Waals surface area contributed by atoms with Gasteiger partial charge in [-0.05, 0) is 46.0 Å². The van der Waals surface area contributed by atoms with E-state index in [1.165, 1.54) is 11.9 Å². The van der Waals surface area contributed by atoms with Gasteiger partial charge < -0.3 is 20.1 Å².